The number of ether oxygens (including phenoxy) is 1. The fourth-order valence-corrected chi connectivity index (χ4v) is 2.94. The average molecular weight is 426 g/mol. The average Bonchev–Trinajstić information content (AvgIpc) is 2.66. The summed E-state index contributed by atoms with van der Waals surface area (Å²) in [5, 5.41) is 9.48. The predicted octanol–water partition coefficient (Wildman–Crippen LogP) is 6.37. The summed E-state index contributed by atoms with van der Waals surface area (Å²) < 4.78 is 34.0. The highest BCUT2D eigenvalue weighted by molar-refractivity contribution is 9.10. The largest absolute Gasteiger partial charge is 0.488 e. The number of benzene rings is 3. The molecule has 0 amide bonds. The summed E-state index contributed by atoms with van der Waals surface area (Å²) in [5.74, 6) is -0.299. The lowest BCUT2D eigenvalue weighted by molar-refractivity contribution is 0.305. The molecule has 2 nitrogen and oxygen atoms in total. The van der Waals surface area contributed by atoms with E-state index >= 15 is 0 Å². The lowest BCUT2D eigenvalue weighted by Gasteiger charge is -2.11. The predicted molar refractivity (Wildman–Crippen MR) is 105 cm³/mol. The van der Waals surface area contributed by atoms with E-state index in [1.54, 1.807) is 54.6 Å². The Morgan fingerprint density at radius 3 is 2.59 bits per heavy atom. The second-order valence-corrected chi connectivity index (χ2v) is 6.67. The summed E-state index contributed by atoms with van der Waals surface area (Å²) in [6.07, 6.45) is 1.57. The van der Waals surface area contributed by atoms with Crippen molar-refractivity contribution in [2.24, 2.45) is 0 Å². The minimum atomic E-state index is -0.470. The third-order valence-corrected chi connectivity index (χ3v) is 4.33. The Morgan fingerprint density at radius 2 is 1.85 bits per heavy atom. The Morgan fingerprint density at radius 1 is 1.04 bits per heavy atom. The van der Waals surface area contributed by atoms with Crippen LogP contribution in [0, 0.1) is 23.0 Å². The van der Waals surface area contributed by atoms with Crippen molar-refractivity contribution in [1.82, 2.24) is 0 Å². The van der Waals surface area contributed by atoms with E-state index < -0.39 is 5.82 Å². The molecular formula is C22H14BrF2NO. The topological polar surface area (TPSA) is 33.0 Å². The van der Waals surface area contributed by atoms with Gasteiger partial charge in [0, 0.05) is 15.6 Å². The second kappa shape index (κ2) is 8.61. The number of nitrogens with zero attached hydrogens (tertiary/aromatic N) is 1. The maximum absolute atomic E-state index is 14.0. The van der Waals surface area contributed by atoms with Gasteiger partial charge in [-0.2, -0.15) is 5.26 Å². The summed E-state index contributed by atoms with van der Waals surface area (Å²) in [6.45, 7) is 0.168. The Labute approximate surface area is 164 Å². The van der Waals surface area contributed by atoms with Gasteiger partial charge in [0.25, 0.3) is 0 Å². The number of allylic oxidation sites excluding steroid dienone is 1. The smallest absolute Gasteiger partial charge is 0.131 e. The molecule has 0 aliphatic heterocycles. The van der Waals surface area contributed by atoms with E-state index in [0.29, 0.717) is 16.9 Å². The van der Waals surface area contributed by atoms with Crippen LogP contribution in [0.25, 0.3) is 11.6 Å². The maximum Gasteiger partial charge on any atom is 0.131 e. The third kappa shape index (κ3) is 4.81. The zero-order valence-corrected chi connectivity index (χ0v) is 15.7. The van der Waals surface area contributed by atoms with Gasteiger partial charge in [-0.05, 0) is 48.0 Å². The van der Waals surface area contributed by atoms with E-state index in [9.17, 15) is 14.0 Å². The maximum atomic E-state index is 14.0. The molecule has 0 fully saturated rings. The van der Waals surface area contributed by atoms with E-state index in [2.05, 4.69) is 15.9 Å². The van der Waals surface area contributed by atoms with Crippen molar-refractivity contribution < 1.29 is 13.5 Å². The van der Waals surface area contributed by atoms with Gasteiger partial charge in [-0.3, -0.25) is 0 Å². The van der Waals surface area contributed by atoms with Crippen molar-refractivity contribution in [2.75, 3.05) is 0 Å². The molecule has 0 atom stereocenters. The molecule has 0 radical (unpaired) electrons. The number of halogens is 3. The first-order valence-electron chi connectivity index (χ1n) is 8.10. The highest BCUT2D eigenvalue weighted by Crippen LogP contribution is 2.29. The van der Waals surface area contributed by atoms with Crippen LogP contribution in [-0.2, 0) is 6.61 Å². The lowest BCUT2D eigenvalue weighted by atomic mass is 10.0. The molecule has 0 N–H and O–H groups in total. The van der Waals surface area contributed by atoms with Crippen LogP contribution in [0.4, 0.5) is 8.78 Å². The molecule has 0 heterocycles. The molecule has 3 aromatic rings. The summed E-state index contributed by atoms with van der Waals surface area (Å²) >= 11 is 3.39. The second-order valence-electron chi connectivity index (χ2n) is 5.75. The molecule has 3 aromatic carbocycles. The van der Waals surface area contributed by atoms with Crippen molar-refractivity contribution in [1.29, 1.82) is 5.26 Å². The first kappa shape index (κ1) is 18.8. The lowest BCUT2D eigenvalue weighted by Crippen LogP contribution is -1.98. The fourth-order valence-electron chi connectivity index (χ4n) is 2.56. The van der Waals surface area contributed by atoms with Crippen molar-refractivity contribution in [3.63, 3.8) is 0 Å². The standard InChI is InChI=1S/C22H14BrF2NO/c23-18-8-9-22(27-14-15-4-3-5-19(24)10-15)16(12-18)11-17(13-26)20-6-1-2-7-21(20)25/h1-12H,14H2. The van der Waals surface area contributed by atoms with Crippen LogP contribution in [0.1, 0.15) is 16.7 Å². The molecule has 5 heteroatoms. The summed E-state index contributed by atoms with van der Waals surface area (Å²) in [4.78, 5) is 0. The summed E-state index contributed by atoms with van der Waals surface area (Å²) in [6, 6.07) is 19.6. The molecule has 0 bridgehead atoms. The number of nitriles is 1. The number of rotatable bonds is 5. The van der Waals surface area contributed by atoms with Gasteiger partial charge < -0.3 is 4.74 Å². The van der Waals surface area contributed by atoms with Crippen LogP contribution >= 0.6 is 15.9 Å². The Balaban J connectivity index is 1.94. The van der Waals surface area contributed by atoms with Crippen LogP contribution in [0.5, 0.6) is 5.75 Å². The highest BCUT2D eigenvalue weighted by atomic mass is 79.9. The van der Waals surface area contributed by atoms with E-state index in [4.69, 9.17) is 4.74 Å². The molecule has 134 valence electrons. The highest BCUT2D eigenvalue weighted by Gasteiger charge is 2.10. The Kier molecular flexibility index (Phi) is 6.00. The normalized spacial score (nSPS) is 11.1. The van der Waals surface area contributed by atoms with Gasteiger partial charge in [0.1, 0.15) is 24.0 Å². The van der Waals surface area contributed by atoms with Gasteiger partial charge in [-0.1, -0.05) is 46.3 Å². The van der Waals surface area contributed by atoms with Crippen molar-refractivity contribution in [3.8, 4) is 11.8 Å². The minimum Gasteiger partial charge on any atom is -0.488 e. The molecule has 0 saturated carbocycles. The third-order valence-electron chi connectivity index (χ3n) is 3.84. The SMILES string of the molecule is N#CC(=Cc1cc(Br)ccc1OCc1cccc(F)c1)c1ccccc1F. The summed E-state index contributed by atoms with van der Waals surface area (Å²) in [5.41, 5.74) is 1.70. The van der Waals surface area contributed by atoms with Crippen molar-refractivity contribution >= 4 is 27.6 Å². The monoisotopic (exact) mass is 425 g/mol. The van der Waals surface area contributed by atoms with Gasteiger partial charge in [-0.25, -0.2) is 8.78 Å². The van der Waals surface area contributed by atoms with Gasteiger partial charge >= 0.3 is 0 Å². The fraction of sp³-hybridized carbons (Fsp3) is 0.0455. The molecule has 0 saturated heterocycles. The van der Waals surface area contributed by atoms with E-state index in [1.807, 2.05) is 6.07 Å². The van der Waals surface area contributed by atoms with Gasteiger partial charge in [0.05, 0.1) is 11.6 Å². The molecule has 0 aromatic heterocycles. The van der Waals surface area contributed by atoms with Gasteiger partial charge in [0.2, 0.25) is 0 Å². The number of hydrogen-bond acceptors (Lipinski definition) is 2. The molecule has 0 aliphatic rings. The van der Waals surface area contributed by atoms with E-state index in [-0.39, 0.29) is 23.6 Å². The van der Waals surface area contributed by atoms with Crippen LogP contribution in [-0.4, -0.2) is 0 Å². The molecule has 0 unspecified atom stereocenters. The van der Waals surface area contributed by atoms with Crippen LogP contribution in [0.3, 0.4) is 0 Å². The molecule has 27 heavy (non-hydrogen) atoms. The molecular weight excluding hydrogens is 412 g/mol. The number of hydrogen-bond donors (Lipinski definition) is 0. The Bertz CT molecular complexity index is 1040. The van der Waals surface area contributed by atoms with Crippen molar-refractivity contribution in [2.45, 2.75) is 6.61 Å². The molecule has 3 rings (SSSR count). The van der Waals surface area contributed by atoms with Crippen LogP contribution in [0.15, 0.2) is 71.2 Å². The first-order chi connectivity index (χ1) is 13.1. The zero-order valence-electron chi connectivity index (χ0n) is 14.1. The Hall–Kier alpha value is -2.97. The van der Waals surface area contributed by atoms with Gasteiger partial charge in [-0.15, -0.1) is 0 Å². The van der Waals surface area contributed by atoms with E-state index in [0.717, 1.165) is 4.47 Å². The van der Waals surface area contributed by atoms with Crippen LogP contribution < -0.4 is 4.74 Å². The summed E-state index contributed by atoms with van der Waals surface area (Å²) in [7, 11) is 0. The van der Waals surface area contributed by atoms with E-state index in [1.165, 1.54) is 18.2 Å². The van der Waals surface area contributed by atoms with Crippen LogP contribution in [0.2, 0.25) is 0 Å². The quantitative estimate of drug-likeness (QED) is 0.351. The van der Waals surface area contributed by atoms with Gasteiger partial charge in [0.15, 0.2) is 0 Å². The first-order valence-corrected chi connectivity index (χ1v) is 8.89. The molecule has 0 spiro atoms. The van der Waals surface area contributed by atoms with Crippen molar-refractivity contribution in [3.05, 3.63) is 99.5 Å². The molecule has 0 aliphatic carbocycles. The zero-order chi connectivity index (χ0) is 19.2. The minimum absolute atomic E-state index is 0.168.